The molecule has 0 unspecified atom stereocenters. The highest BCUT2D eigenvalue weighted by Crippen LogP contribution is 2.23. The van der Waals surface area contributed by atoms with E-state index in [0.29, 0.717) is 11.1 Å². The number of para-hydroxylation sites is 1. The minimum absolute atomic E-state index is 0.120. The molecule has 0 saturated heterocycles. The van der Waals surface area contributed by atoms with Gasteiger partial charge in [0.15, 0.2) is 11.4 Å². The molecule has 0 aliphatic heterocycles. The van der Waals surface area contributed by atoms with Gasteiger partial charge in [0.25, 0.3) is 0 Å². The largest absolute Gasteiger partial charge is 0.420 e. The molecule has 6 heteroatoms. The minimum atomic E-state index is -0.631. The number of carbonyl (C=O) groups is 2. The normalized spacial score (nSPS) is 11.1. The number of rotatable bonds is 5. The molecule has 3 aromatic rings. The fourth-order valence-corrected chi connectivity index (χ4v) is 2.88. The zero-order valence-electron chi connectivity index (χ0n) is 14.9. The Morgan fingerprint density at radius 2 is 1.88 bits per heavy atom. The Kier molecular flexibility index (Phi) is 4.75. The third-order valence-electron chi connectivity index (χ3n) is 4.23. The van der Waals surface area contributed by atoms with Gasteiger partial charge in [-0.1, -0.05) is 32.0 Å². The molecule has 1 heterocycles. The van der Waals surface area contributed by atoms with Crippen molar-refractivity contribution in [2.24, 2.45) is 0 Å². The van der Waals surface area contributed by atoms with Crippen molar-refractivity contribution < 1.29 is 14.0 Å². The number of ketones is 1. The summed E-state index contributed by atoms with van der Waals surface area (Å²) < 4.78 is 6.43. The van der Waals surface area contributed by atoms with Crippen molar-refractivity contribution in [1.29, 1.82) is 0 Å². The molecule has 0 fully saturated rings. The summed E-state index contributed by atoms with van der Waals surface area (Å²) in [5.74, 6) is -0.814. The van der Waals surface area contributed by atoms with Crippen LogP contribution in [0.25, 0.3) is 11.1 Å². The Morgan fingerprint density at radius 3 is 2.58 bits per heavy atom. The number of nitrogens with zero attached hydrogens (tertiary/aromatic N) is 1. The first-order valence-corrected chi connectivity index (χ1v) is 8.40. The lowest BCUT2D eigenvalue weighted by molar-refractivity contribution is -0.116. The lowest BCUT2D eigenvalue weighted by atomic mass is 10.0. The lowest BCUT2D eigenvalue weighted by Crippen LogP contribution is -2.25. The highest BCUT2D eigenvalue weighted by atomic mass is 16.4. The molecular formula is C20H20N2O4. The van der Waals surface area contributed by atoms with Crippen molar-refractivity contribution in [3.8, 4) is 0 Å². The summed E-state index contributed by atoms with van der Waals surface area (Å²) in [6, 6.07) is 12.3. The number of fused-ring (bicyclic) bond motifs is 1. The molecule has 3 rings (SSSR count). The van der Waals surface area contributed by atoms with Gasteiger partial charge in [-0.05, 0) is 42.7 Å². The molecule has 0 atom stereocenters. The summed E-state index contributed by atoms with van der Waals surface area (Å²) in [5.41, 5.74) is 2.97. The SMILES string of the molecule is CC(=O)c1ccc2c(c1)oc(=O)n2CC(=O)Nc1ccccc1C(C)C. The number of oxazole rings is 1. The number of nitrogens with one attached hydrogen (secondary N) is 1. The molecule has 0 aliphatic rings. The molecule has 0 spiro atoms. The van der Waals surface area contributed by atoms with Gasteiger partial charge in [-0.2, -0.15) is 0 Å². The van der Waals surface area contributed by atoms with Crippen LogP contribution in [0.3, 0.4) is 0 Å². The summed E-state index contributed by atoms with van der Waals surface area (Å²) in [6.07, 6.45) is 0. The molecule has 6 nitrogen and oxygen atoms in total. The molecule has 1 amide bonds. The van der Waals surface area contributed by atoms with Crippen molar-refractivity contribution >= 4 is 28.5 Å². The maximum atomic E-state index is 12.5. The van der Waals surface area contributed by atoms with Crippen LogP contribution in [0, 0.1) is 0 Å². The first kappa shape index (κ1) is 17.7. The first-order chi connectivity index (χ1) is 12.4. The van der Waals surface area contributed by atoms with Gasteiger partial charge in [-0.25, -0.2) is 4.79 Å². The van der Waals surface area contributed by atoms with Gasteiger partial charge in [0.1, 0.15) is 6.54 Å². The van der Waals surface area contributed by atoms with E-state index in [4.69, 9.17) is 4.42 Å². The van der Waals surface area contributed by atoms with Crippen molar-refractivity contribution in [3.05, 3.63) is 64.1 Å². The van der Waals surface area contributed by atoms with E-state index in [0.717, 1.165) is 11.3 Å². The van der Waals surface area contributed by atoms with Gasteiger partial charge in [0.05, 0.1) is 5.52 Å². The van der Waals surface area contributed by atoms with E-state index >= 15 is 0 Å². The van der Waals surface area contributed by atoms with Crippen LogP contribution >= 0.6 is 0 Å². The van der Waals surface area contributed by atoms with E-state index in [2.05, 4.69) is 5.32 Å². The average molecular weight is 352 g/mol. The summed E-state index contributed by atoms with van der Waals surface area (Å²) in [5, 5.41) is 2.86. The molecule has 1 aromatic heterocycles. The predicted octanol–water partition coefficient (Wildman–Crippen LogP) is 3.56. The molecule has 0 radical (unpaired) electrons. The monoisotopic (exact) mass is 352 g/mol. The Labute approximate surface area is 150 Å². The number of hydrogen-bond acceptors (Lipinski definition) is 4. The van der Waals surface area contributed by atoms with Crippen LogP contribution in [-0.2, 0) is 11.3 Å². The molecule has 26 heavy (non-hydrogen) atoms. The fraction of sp³-hybridized carbons (Fsp3) is 0.250. The van der Waals surface area contributed by atoms with Gasteiger partial charge in [0.2, 0.25) is 5.91 Å². The second kappa shape index (κ2) is 7.00. The highest BCUT2D eigenvalue weighted by Gasteiger charge is 2.15. The van der Waals surface area contributed by atoms with Crippen LogP contribution in [0.15, 0.2) is 51.7 Å². The Bertz CT molecular complexity index is 1040. The number of anilines is 1. The third-order valence-corrected chi connectivity index (χ3v) is 4.23. The Balaban J connectivity index is 1.87. The lowest BCUT2D eigenvalue weighted by Gasteiger charge is -2.13. The molecule has 0 bridgehead atoms. The molecule has 0 saturated carbocycles. The van der Waals surface area contributed by atoms with Crippen molar-refractivity contribution in [3.63, 3.8) is 0 Å². The van der Waals surface area contributed by atoms with Crippen LogP contribution in [-0.4, -0.2) is 16.3 Å². The van der Waals surface area contributed by atoms with E-state index < -0.39 is 5.76 Å². The summed E-state index contributed by atoms with van der Waals surface area (Å²) in [7, 11) is 0. The van der Waals surface area contributed by atoms with E-state index in [1.165, 1.54) is 17.6 Å². The van der Waals surface area contributed by atoms with Crippen LogP contribution in [0.2, 0.25) is 0 Å². The van der Waals surface area contributed by atoms with Crippen molar-refractivity contribution in [1.82, 2.24) is 4.57 Å². The predicted molar refractivity (Wildman–Crippen MR) is 99.6 cm³/mol. The third kappa shape index (κ3) is 3.44. The molecule has 2 aromatic carbocycles. The van der Waals surface area contributed by atoms with E-state index in [1.807, 2.05) is 38.1 Å². The van der Waals surface area contributed by atoms with Crippen molar-refractivity contribution in [2.75, 3.05) is 5.32 Å². The second-order valence-electron chi connectivity index (χ2n) is 6.48. The zero-order valence-corrected chi connectivity index (χ0v) is 14.9. The average Bonchev–Trinajstić information content (AvgIpc) is 2.90. The highest BCUT2D eigenvalue weighted by molar-refractivity contribution is 5.97. The van der Waals surface area contributed by atoms with Gasteiger partial charge in [0, 0.05) is 11.3 Å². The topological polar surface area (TPSA) is 81.3 Å². The number of aromatic nitrogens is 1. The van der Waals surface area contributed by atoms with Crippen LogP contribution in [0.1, 0.15) is 42.6 Å². The standard InChI is InChI=1S/C20H20N2O4/c1-12(2)15-6-4-5-7-16(15)21-19(24)11-22-17-9-8-14(13(3)23)10-18(17)26-20(22)25/h4-10,12H,11H2,1-3H3,(H,21,24). The smallest absolute Gasteiger partial charge is 0.408 e. The molecule has 0 aliphatic carbocycles. The zero-order chi connectivity index (χ0) is 18.8. The van der Waals surface area contributed by atoms with Gasteiger partial charge in [-0.3, -0.25) is 14.2 Å². The quantitative estimate of drug-likeness (QED) is 0.712. The molecular weight excluding hydrogens is 332 g/mol. The second-order valence-corrected chi connectivity index (χ2v) is 6.48. The number of benzene rings is 2. The minimum Gasteiger partial charge on any atom is -0.408 e. The Hall–Kier alpha value is -3.15. The maximum Gasteiger partial charge on any atom is 0.420 e. The van der Waals surface area contributed by atoms with Crippen LogP contribution in [0.4, 0.5) is 5.69 Å². The van der Waals surface area contributed by atoms with Crippen LogP contribution in [0.5, 0.6) is 0 Å². The number of Topliss-reactive ketones (excluding diaryl/α,β-unsaturated/α-hetero) is 1. The van der Waals surface area contributed by atoms with Crippen molar-refractivity contribution in [2.45, 2.75) is 33.2 Å². The maximum absolute atomic E-state index is 12.5. The number of amides is 1. The molecule has 134 valence electrons. The van der Waals surface area contributed by atoms with E-state index in [1.54, 1.807) is 12.1 Å². The Morgan fingerprint density at radius 1 is 1.15 bits per heavy atom. The fourth-order valence-electron chi connectivity index (χ4n) is 2.88. The van der Waals surface area contributed by atoms with Gasteiger partial charge in [-0.15, -0.1) is 0 Å². The summed E-state index contributed by atoms with van der Waals surface area (Å²) in [6.45, 7) is 5.37. The van der Waals surface area contributed by atoms with Crippen LogP contribution < -0.4 is 11.1 Å². The van der Waals surface area contributed by atoms with Gasteiger partial charge < -0.3 is 9.73 Å². The van der Waals surface area contributed by atoms with E-state index in [-0.39, 0.29) is 29.7 Å². The first-order valence-electron chi connectivity index (χ1n) is 8.40. The van der Waals surface area contributed by atoms with E-state index in [9.17, 15) is 14.4 Å². The summed E-state index contributed by atoms with van der Waals surface area (Å²) >= 11 is 0. The molecule has 1 N–H and O–H groups in total. The van der Waals surface area contributed by atoms with Gasteiger partial charge >= 0.3 is 5.76 Å². The number of carbonyl (C=O) groups excluding carboxylic acids is 2. The number of hydrogen-bond donors (Lipinski definition) is 1. The summed E-state index contributed by atoms with van der Waals surface area (Å²) in [4.78, 5) is 36.0.